The first-order chi connectivity index (χ1) is 70.2. The summed E-state index contributed by atoms with van der Waals surface area (Å²) in [6.45, 7) is 1.99. The number of primary amides is 2. The summed E-state index contributed by atoms with van der Waals surface area (Å²) in [6.07, 6.45) is 9.91. The zero-order valence-corrected chi connectivity index (χ0v) is 98.3. The van der Waals surface area contributed by atoms with E-state index in [0.29, 0.717) is 71.2 Å². The number of nitrogen functional groups attached to an aromatic ring is 4. The number of anilines is 4. The molecule has 17 N–H and O–H groups in total. The van der Waals surface area contributed by atoms with Crippen LogP contribution in [0.15, 0.2) is 240 Å². The van der Waals surface area contributed by atoms with E-state index in [0.717, 1.165) is 115 Å². The number of nitro groups is 1. The molecule has 16 rings (SSSR count). The second-order valence-corrected chi connectivity index (χ2v) is 44.9. The number of H-pyrrole nitrogens is 1. The van der Waals surface area contributed by atoms with Crippen molar-refractivity contribution in [3.8, 4) is 62.5 Å². The first kappa shape index (κ1) is 138. The number of methoxy groups -OCH3 is 7. The number of aldehydes is 1. The number of nitrogens with two attached hydrogens (primary N) is 6. The van der Waals surface area contributed by atoms with Gasteiger partial charge in [0.1, 0.15) is 40.2 Å². The van der Waals surface area contributed by atoms with Gasteiger partial charge in [0.2, 0.25) is 15.9 Å². The van der Waals surface area contributed by atoms with Crippen LogP contribution in [0.2, 0.25) is 25.9 Å². The van der Waals surface area contributed by atoms with Crippen molar-refractivity contribution in [2.24, 2.45) is 11.5 Å². The molecule has 5 heterocycles. The summed E-state index contributed by atoms with van der Waals surface area (Å²) in [7, 11) is 14.1. The van der Waals surface area contributed by atoms with Crippen molar-refractivity contribution < 1.29 is 113 Å². The van der Waals surface area contributed by atoms with Crippen LogP contribution in [0.3, 0.4) is 0 Å². The van der Waals surface area contributed by atoms with Crippen LogP contribution in [-0.2, 0) is 46.7 Å². The standard InChI is InChI=1S/C16H11Cl3N2O2.C16H13ClN2O2.C8H11BO4.C8H4BrClN2.C8H5BrN2O.C7H6BrNO2.C7H8BrNO.C7H6BrNO.C7H8N2O3.C4H8O.CH2Cl2.CH4N2O.B.Cl3OP.Cl2O2S.Mn.2O/c1-22-11-6-12(23-2)15(18)13(14(11)17)8-3-4-10-9(5-8)7-20-16(19)21-10;1-20-13-6-11(7-14(8-13)21-2)10-3-4-15-12(5-10)9-18-16(17)19-15;1-12-7-3-6(9(10)11)4-8(5-7)13-2;9-6-1-2-7-5(3-6)4-11-8(10)12-7;9-6-1-2-7-5(3-6)4-10-8(12)11-7;8-4-1-2-6(9)5(3-4)7(10)11;2*8-6-1-2-7(9)5(3-6)4-10;1-12-6-4-2-3-5(7(6)8)9(10)11;1-2-4-5-3-1;2-1-3;2-1(3)4;;2*1-5(2,3)4;;;/h3-7H,1-2H3;3-9H,1-2H3;3-5,10-11H,1-2H3;1-4H;1-4H,(H,10,11,12);1-3H,9H2,(H,10,11);1-3,10H,4,9H2;1-4H,9H2;2-4H,8H2,1H3;1-4H2;1H2;(H4,2,3,4);;;;;;. The molecule has 150 heavy (non-hydrogen) atoms. The molecule has 0 saturated carbocycles. The fourth-order valence-electron chi connectivity index (χ4n) is 10.9. The maximum atomic E-state index is 10.8. The van der Waals surface area contributed by atoms with Gasteiger partial charge in [0, 0.05) is 170 Å². The number of nitrogens with zero attached hydrogens (tertiary/aromatic N) is 8. The predicted octanol–water partition coefficient (Wildman–Crippen LogP) is 23.8. The number of aromatic amines is 1. The number of halogens is 17. The SMILES string of the molecule is C1CCOC1.COc1cc(OC)c(Cl)c(-c2ccc3nc(Cl)ncc3c2)c1Cl.COc1cc(OC)cc(-c2ccc3nc(Cl)ncc3c2)c1.COc1cc(OC)cc(B(O)O)c1.COc1cccc([N+](=O)[O-])c1N.ClCCl.Clc1ncc2cc(Br)ccc2n1.NC(N)=O.Nc1ccc(Br)cc1C(=O)O.Nc1ccc(Br)cc1C=O.Nc1ccc(Br)cc1CO.O=P(Cl)(Cl)Cl.O=S(=O)(Cl)Cl.O=c1ncc2cc(Br)ccc2[nH]1.[B].[O]=[Mn]=[O]. The Morgan fingerprint density at radius 3 is 1.30 bits per heavy atom. The Bertz CT molecular complexity index is 7090. The summed E-state index contributed by atoms with van der Waals surface area (Å²) in [6, 6.07) is 53.9. The molecule has 0 bridgehead atoms. The summed E-state index contributed by atoms with van der Waals surface area (Å²) < 4.78 is 90.0. The molecule has 11 aromatic carbocycles. The fourth-order valence-corrected chi connectivity index (χ4v) is 14.0. The number of fused-ring (bicyclic) bond motifs is 4. The number of carboxylic acids is 1. The van der Waals surface area contributed by atoms with Crippen molar-refractivity contribution in [1.82, 2.24) is 39.9 Å². The molecule has 4 aromatic heterocycles. The van der Waals surface area contributed by atoms with Gasteiger partial charge < -0.3 is 97.5 Å². The van der Waals surface area contributed by atoms with E-state index in [1.807, 2.05) is 97.1 Å². The Kier molecular flexibility index (Phi) is 67.9. The number of aliphatic hydroxyl groups is 1. The van der Waals surface area contributed by atoms with Gasteiger partial charge in [0.05, 0.1) is 104 Å². The van der Waals surface area contributed by atoms with E-state index in [9.17, 15) is 29.1 Å². The molecule has 2 amide bonds. The van der Waals surface area contributed by atoms with Gasteiger partial charge in [-0.05, 0) is 249 Å². The number of carbonyl (C=O) groups is 3. The van der Waals surface area contributed by atoms with Gasteiger partial charge in [-0.2, -0.15) is 8.42 Å². The molecule has 3 radical (unpaired) electrons. The Labute approximate surface area is 966 Å². The number of amides is 2. The minimum atomic E-state index is -3.72. The first-order valence-corrected chi connectivity index (χ1v) is 55.7. The van der Waals surface area contributed by atoms with E-state index >= 15 is 0 Å². The van der Waals surface area contributed by atoms with Crippen molar-refractivity contribution in [2.75, 3.05) is 91.3 Å². The van der Waals surface area contributed by atoms with Gasteiger partial charge in [-0.25, -0.2) is 49.3 Å². The normalized spacial score (nSPS) is 10.3. The van der Waals surface area contributed by atoms with Crippen LogP contribution >= 0.6 is 221 Å². The molecule has 1 aliphatic heterocycles. The van der Waals surface area contributed by atoms with Crippen molar-refractivity contribution in [2.45, 2.75) is 19.4 Å². The predicted molar refractivity (Wildman–Crippen MR) is 609 cm³/mol. The molecule has 802 valence electrons. The number of carboxylic acid groups (broad SMARTS) is 1. The quantitative estimate of drug-likeness (QED) is 0.00554. The van der Waals surface area contributed by atoms with Gasteiger partial charge in [0.15, 0.2) is 12.0 Å². The Balaban J connectivity index is 0.000000829. The van der Waals surface area contributed by atoms with E-state index in [4.69, 9.17) is 183 Å². The molecular formula is C90H86B2Br5Cl12MnN15O23PS. The molecule has 0 spiro atoms. The van der Waals surface area contributed by atoms with Crippen LogP contribution in [0.5, 0.6) is 40.2 Å². The molecule has 60 heteroatoms. The van der Waals surface area contributed by atoms with Gasteiger partial charge in [-0.15, -0.1) is 23.2 Å². The second kappa shape index (κ2) is 73.6. The van der Waals surface area contributed by atoms with E-state index in [2.05, 4.69) is 186 Å². The Morgan fingerprint density at radius 1 is 0.540 bits per heavy atom. The van der Waals surface area contributed by atoms with E-state index in [1.54, 1.807) is 99.7 Å². The van der Waals surface area contributed by atoms with E-state index < -0.39 is 52.3 Å². The van der Waals surface area contributed by atoms with Crippen LogP contribution in [0, 0.1) is 10.1 Å². The summed E-state index contributed by atoms with van der Waals surface area (Å²) in [5, 5.41) is 47.7. The van der Waals surface area contributed by atoms with Crippen LogP contribution in [-0.4, -0.2) is 176 Å². The first-order valence-electron chi connectivity index (χ1n) is 40.2. The molecule has 1 aliphatic rings. The third-order valence-corrected chi connectivity index (χ3v) is 21.2. The van der Waals surface area contributed by atoms with Crippen molar-refractivity contribution in [3.63, 3.8) is 0 Å². The van der Waals surface area contributed by atoms with Crippen LogP contribution in [0.4, 0.5) is 33.2 Å². The zero-order valence-electron chi connectivity index (χ0n) is 78.4. The summed E-state index contributed by atoms with van der Waals surface area (Å²) in [5.41, 5.74) is 39.7. The van der Waals surface area contributed by atoms with Gasteiger partial charge in [-0.3, -0.25) is 19.5 Å². The molecule has 0 atom stereocenters. The van der Waals surface area contributed by atoms with Gasteiger partial charge in [-0.1, -0.05) is 121 Å². The van der Waals surface area contributed by atoms with Crippen LogP contribution in [0.1, 0.15) is 39.1 Å². The number of nitrogens with one attached hydrogen (secondary N) is 1. The van der Waals surface area contributed by atoms with Crippen molar-refractivity contribution in [1.29, 1.82) is 0 Å². The molecule has 38 nitrogen and oxygen atoms in total. The molecule has 0 unspecified atom stereocenters. The van der Waals surface area contributed by atoms with Crippen molar-refractivity contribution >= 4 is 341 Å². The number of alkyl halides is 2. The average Bonchev–Trinajstić information content (AvgIpc) is 1.54. The molecule has 0 aliphatic carbocycles. The zero-order chi connectivity index (χ0) is 113. The minimum absolute atomic E-state index is 0. The summed E-state index contributed by atoms with van der Waals surface area (Å²) in [5.74, 6) is 2.83. The number of aliphatic hydroxyl groups excluding tert-OH is 1. The number of hydrogen-bond acceptors (Lipinski definition) is 33. The number of benzene rings is 11. The Morgan fingerprint density at radius 2 is 0.913 bits per heavy atom. The van der Waals surface area contributed by atoms with Crippen LogP contribution in [0.25, 0.3) is 65.9 Å². The van der Waals surface area contributed by atoms with Crippen molar-refractivity contribution in [3.05, 3.63) is 298 Å². The monoisotopic (exact) mass is 2700 g/mol. The van der Waals surface area contributed by atoms with Gasteiger partial charge in [0.25, 0.3) is 5.69 Å². The third-order valence-electron chi connectivity index (χ3n) is 17.4. The summed E-state index contributed by atoms with van der Waals surface area (Å²) >= 11 is 68.4. The topological polar surface area (TPSA) is 614 Å². The maximum absolute atomic E-state index is 10.8. The second-order valence-electron chi connectivity index (χ2n) is 27.2. The summed E-state index contributed by atoms with van der Waals surface area (Å²) in [4.78, 5) is 80.9. The third kappa shape index (κ3) is 54.7. The number of hydrogen-bond donors (Lipinski definition) is 11. The molecule has 15 aromatic rings. The number of urea groups is 1. The number of aromatic carboxylic acids is 1. The van der Waals surface area contributed by atoms with Gasteiger partial charge >= 0.3 is 60.8 Å². The van der Waals surface area contributed by atoms with E-state index in [-0.39, 0.29) is 64.5 Å². The molecule has 1 saturated heterocycles. The number of rotatable bonds is 14. The van der Waals surface area contributed by atoms with E-state index in [1.165, 1.54) is 78.7 Å². The number of ether oxygens (including phenoxy) is 8. The fraction of sp³-hybridized carbons (Fsp3) is 0.144. The molecule has 1 fully saturated rings. The number of nitro benzene ring substituents is 1. The molecular weight excluding hydrogens is 2620 g/mol. The van der Waals surface area contributed by atoms with Crippen LogP contribution < -0.4 is 78.7 Å². The average molecular weight is 2710 g/mol. The number of para-hydroxylation sites is 1. The Hall–Kier alpha value is -9.66. The number of carbonyl (C=O) groups excluding carboxylic acids is 2. The number of aromatic nitrogens is 8.